The van der Waals surface area contributed by atoms with E-state index in [1.54, 1.807) is 24.3 Å². The smallest absolute Gasteiger partial charge is 0.417 e. The van der Waals surface area contributed by atoms with Crippen LogP contribution in [0.4, 0.5) is 13.2 Å². The number of alkyl halides is 3. The summed E-state index contributed by atoms with van der Waals surface area (Å²) in [6, 6.07) is 20.1. The summed E-state index contributed by atoms with van der Waals surface area (Å²) in [4.78, 5) is 0. The molecule has 5 heteroatoms. The van der Waals surface area contributed by atoms with Crippen LogP contribution in [-0.2, 0) is 19.3 Å². The Labute approximate surface area is 150 Å². The molecule has 0 unspecified atom stereocenters. The SMILES string of the molecule is NCc1cc(-c2ccccc2C(F)(F)F)ccc1OCc1ccccc1. The highest BCUT2D eigenvalue weighted by atomic mass is 19.4. The molecule has 0 saturated heterocycles. The lowest BCUT2D eigenvalue weighted by Crippen LogP contribution is -2.07. The van der Waals surface area contributed by atoms with E-state index < -0.39 is 11.7 Å². The van der Waals surface area contributed by atoms with E-state index in [9.17, 15) is 13.2 Å². The molecule has 0 aliphatic carbocycles. The van der Waals surface area contributed by atoms with Crippen LogP contribution in [0.2, 0.25) is 0 Å². The second-order valence-electron chi connectivity index (χ2n) is 5.84. The molecule has 0 saturated carbocycles. The van der Waals surface area contributed by atoms with Crippen LogP contribution in [0.1, 0.15) is 16.7 Å². The van der Waals surface area contributed by atoms with Crippen LogP contribution in [0.5, 0.6) is 5.75 Å². The Hall–Kier alpha value is -2.79. The molecule has 2 nitrogen and oxygen atoms in total. The first-order chi connectivity index (χ1) is 12.5. The van der Waals surface area contributed by atoms with Crippen LogP contribution in [0.15, 0.2) is 72.8 Å². The molecular formula is C21H18F3NO. The number of ether oxygens (including phenoxy) is 1. The van der Waals surface area contributed by atoms with Crippen LogP contribution in [0, 0.1) is 0 Å². The van der Waals surface area contributed by atoms with Crippen molar-refractivity contribution in [2.75, 3.05) is 0 Å². The Morgan fingerprint density at radius 3 is 2.23 bits per heavy atom. The number of nitrogens with two attached hydrogens (primary N) is 1. The van der Waals surface area contributed by atoms with Gasteiger partial charge < -0.3 is 10.5 Å². The third-order valence-electron chi connectivity index (χ3n) is 4.06. The average molecular weight is 357 g/mol. The van der Waals surface area contributed by atoms with E-state index in [1.165, 1.54) is 12.1 Å². The van der Waals surface area contributed by atoms with Crippen molar-refractivity contribution in [3.05, 3.63) is 89.5 Å². The second kappa shape index (κ2) is 7.62. The van der Waals surface area contributed by atoms with Gasteiger partial charge in [-0.25, -0.2) is 0 Å². The van der Waals surface area contributed by atoms with E-state index in [-0.39, 0.29) is 12.1 Å². The van der Waals surface area contributed by atoms with Crippen molar-refractivity contribution < 1.29 is 17.9 Å². The molecule has 3 rings (SSSR count). The lowest BCUT2D eigenvalue weighted by Gasteiger charge is -2.15. The minimum atomic E-state index is -4.41. The van der Waals surface area contributed by atoms with E-state index in [2.05, 4.69) is 0 Å². The van der Waals surface area contributed by atoms with Crippen molar-refractivity contribution in [2.45, 2.75) is 19.3 Å². The van der Waals surface area contributed by atoms with Crippen molar-refractivity contribution in [3.8, 4) is 16.9 Å². The minimum absolute atomic E-state index is 0.129. The highest BCUT2D eigenvalue weighted by molar-refractivity contribution is 5.69. The van der Waals surface area contributed by atoms with E-state index in [0.29, 0.717) is 23.5 Å². The first-order valence-corrected chi connectivity index (χ1v) is 8.15. The molecule has 26 heavy (non-hydrogen) atoms. The first kappa shape index (κ1) is 18.0. The van der Waals surface area contributed by atoms with Crippen LogP contribution < -0.4 is 10.5 Å². The Kier molecular flexibility index (Phi) is 5.28. The standard InChI is InChI=1S/C21H18F3NO/c22-21(23,24)19-9-5-4-8-18(19)16-10-11-20(17(12-16)13-25)26-14-15-6-2-1-3-7-15/h1-12H,13-14,25H2. The van der Waals surface area contributed by atoms with Crippen LogP contribution in [0.3, 0.4) is 0 Å². The maximum Gasteiger partial charge on any atom is 0.417 e. The van der Waals surface area contributed by atoms with Crippen molar-refractivity contribution in [3.63, 3.8) is 0 Å². The second-order valence-corrected chi connectivity index (χ2v) is 5.84. The molecule has 134 valence electrons. The van der Waals surface area contributed by atoms with Gasteiger partial charge in [-0.2, -0.15) is 13.2 Å². The normalized spacial score (nSPS) is 11.4. The Morgan fingerprint density at radius 2 is 1.54 bits per heavy atom. The van der Waals surface area contributed by atoms with Gasteiger partial charge in [-0.15, -0.1) is 0 Å². The van der Waals surface area contributed by atoms with E-state index in [0.717, 1.165) is 11.6 Å². The Morgan fingerprint density at radius 1 is 0.846 bits per heavy atom. The van der Waals surface area contributed by atoms with Crippen molar-refractivity contribution in [1.82, 2.24) is 0 Å². The van der Waals surface area contributed by atoms with Crippen molar-refractivity contribution in [2.24, 2.45) is 5.73 Å². The zero-order chi connectivity index (χ0) is 18.6. The molecule has 0 aromatic heterocycles. The zero-order valence-electron chi connectivity index (χ0n) is 14.0. The molecule has 3 aromatic rings. The summed E-state index contributed by atoms with van der Waals surface area (Å²) in [5.41, 5.74) is 7.38. The fraction of sp³-hybridized carbons (Fsp3) is 0.143. The quantitative estimate of drug-likeness (QED) is 0.663. The predicted octanol–water partition coefficient (Wildman–Crippen LogP) is 5.41. The van der Waals surface area contributed by atoms with Gasteiger partial charge in [0.15, 0.2) is 0 Å². The maximum absolute atomic E-state index is 13.3. The number of hydrogen-bond acceptors (Lipinski definition) is 2. The van der Waals surface area contributed by atoms with Gasteiger partial charge in [-0.3, -0.25) is 0 Å². The number of hydrogen-bond donors (Lipinski definition) is 1. The van der Waals surface area contributed by atoms with Gasteiger partial charge in [0.2, 0.25) is 0 Å². The molecule has 0 spiro atoms. The number of rotatable bonds is 5. The molecular weight excluding hydrogens is 339 g/mol. The molecule has 0 bridgehead atoms. The third-order valence-corrected chi connectivity index (χ3v) is 4.06. The molecule has 0 aliphatic rings. The number of benzene rings is 3. The minimum Gasteiger partial charge on any atom is -0.489 e. The van der Waals surface area contributed by atoms with Crippen LogP contribution in [-0.4, -0.2) is 0 Å². The average Bonchev–Trinajstić information content (AvgIpc) is 2.66. The van der Waals surface area contributed by atoms with Crippen LogP contribution in [0.25, 0.3) is 11.1 Å². The topological polar surface area (TPSA) is 35.2 Å². The first-order valence-electron chi connectivity index (χ1n) is 8.15. The highest BCUT2D eigenvalue weighted by Gasteiger charge is 2.33. The summed E-state index contributed by atoms with van der Waals surface area (Å²) in [6.45, 7) is 0.540. The lowest BCUT2D eigenvalue weighted by molar-refractivity contribution is -0.137. The van der Waals surface area contributed by atoms with Gasteiger partial charge in [0.1, 0.15) is 12.4 Å². The fourth-order valence-corrected chi connectivity index (χ4v) is 2.76. The monoisotopic (exact) mass is 357 g/mol. The van der Waals surface area contributed by atoms with Gasteiger partial charge in [0.05, 0.1) is 5.56 Å². The Balaban J connectivity index is 1.90. The molecule has 0 heterocycles. The van der Waals surface area contributed by atoms with Gasteiger partial charge >= 0.3 is 6.18 Å². The molecule has 0 amide bonds. The molecule has 0 aliphatic heterocycles. The fourth-order valence-electron chi connectivity index (χ4n) is 2.76. The van der Waals surface area contributed by atoms with E-state index >= 15 is 0 Å². The van der Waals surface area contributed by atoms with Gasteiger partial charge in [0.25, 0.3) is 0 Å². The van der Waals surface area contributed by atoms with Gasteiger partial charge in [-0.05, 0) is 34.9 Å². The molecule has 2 N–H and O–H groups in total. The van der Waals surface area contributed by atoms with Gasteiger partial charge in [0, 0.05) is 12.1 Å². The summed E-state index contributed by atoms with van der Waals surface area (Å²) in [7, 11) is 0. The largest absolute Gasteiger partial charge is 0.489 e. The lowest BCUT2D eigenvalue weighted by atomic mass is 9.97. The van der Waals surface area contributed by atoms with Crippen molar-refractivity contribution >= 4 is 0 Å². The summed E-state index contributed by atoms with van der Waals surface area (Å²) >= 11 is 0. The van der Waals surface area contributed by atoms with E-state index in [4.69, 9.17) is 10.5 Å². The summed E-state index contributed by atoms with van der Waals surface area (Å²) in [5.74, 6) is 0.574. The highest BCUT2D eigenvalue weighted by Crippen LogP contribution is 2.38. The van der Waals surface area contributed by atoms with Crippen molar-refractivity contribution in [1.29, 1.82) is 0 Å². The zero-order valence-corrected chi connectivity index (χ0v) is 14.0. The Bertz CT molecular complexity index is 876. The molecule has 0 radical (unpaired) electrons. The van der Waals surface area contributed by atoms with Gasteiger partial charge in [-0.1, -0.05) is 54.6 Å². The maximum atomic E-state index is 13.3. The third kappa shape index (κ3) is 4.06. The van der Waals surface area contributed by atoms with E-state index in [1.807, 2.05) is 30.3 Å². The molecule has 0 fully saturated rings. The number of halogens is 3. The molecule has 3 aromatic carbocycles. The van der Waals surface area contributed by atoms with Crippen LogP contribution >= 0.6 is 0 Å². The summed E-state index contributed by atoms with van der Waals surface area (Å²) < 4.78 is 45.6. The molecule has 0 atom stereocenters. The predicted molar refractivity (Wildman–Crippen MR) is 95.5 cm³/mol. The summed E-state index contributed by atoms with van der Waals surface area (Å²) in [6.07, 6.45) is -4.41. The summed E-state index contributed by atoms with van der Waals surface area (Å²) in [5, 5.41) is 0.